The van der Waals surface area contributed by atoms with Crippen LogP contribution in [0, 0.1) is 6.92 Å². The molecule has 2 aromatic rings. The van der Waals surface area contributed by atoms with Crippen molar-refractivity contribution in [2.24, 2.45) is 5.73 Å². The Bertz CT molecular complexity index is 402. The third-order valence-electron chi connectivity index (χ3n) is 1.93. The second kappa shape index (κ2) is 3.06. The molecule has 0 atom stereocenters. The first-order valence-corrected chi connectivity index (χ1v) is 4.09. The van der Waals surface area contributed by atoms with Crippen molar-refractivity contribution in [3.63, 3.8) is 0 Å². The van der Waals surface area contributed by atoms with Gasteiger partial charge in [0.1, 0.15) is 0 Å². The van der Waals surface area contributed by atoms with E-state index in [1.807, 2.05) is 13.0 Å². The topological polar surface area (TPSA) is 67.8 Å². The molecule has 4 nitrogen and oxygen atoms in total. The number of hydrogen-bond donors (Lipinski definition) is 2. The maximum Gasteiger partial charge on any atom is 0.174 e. The number of nitrogens with two attached hydrogens (primary N) is 1. The van der Waals surface area contributed by atoms with E-state index in [0.717, 1.165) is 22.8 Å². The predicted octanol–water partition coefficient (Wildman–Crippen LogP) is 1.44. The molecule has 2 aromatic heterocycles. The fraction of sp³-hybridized carbons (Fsp3) is 0.222. The van der Waals surface area contributed by atoms with E-state index in [2.05, 4.69) is 9.97 Å². The number of aryl methyl sites for hydroxylation is 1. The fourth-order valence-electron chi connectivity index (χ4n) is 1.19. The minimum absolute atomic E-state index is 0.465. The zero-order valence-electron chi connectivity index (χ0n) is 7.37. The van der Waals surface area contributed by atoms with Gasteiger partial charge in [0.25, 0.3) is 0 Å². The summed E-state index contributed by atoms with van der Waals surface area (Å²) in [7, 11) is 0. The molecular weight excluding hydrogens is 166 g/mol. The molecule has 0 bridgehead atoms. The highest BCUT2D eigenvalue weighted by Crippen LogP contribution is 2.20. The molecular formula is C9H11N3O. The number of aromatic amines is 1. The summed E-state index contributed by atoms with van der Waals surface area (Å²) in [5.74, 6) is 1.52. The molecule has 0 aliphatic heterocycles. The first-order chi connectivity index (χ1) is 6.31. The van der Waals surface area contributed by atoms with Crippen molar-refractivity contribution < 1.29 is 4.42 Å². The molecule has 4 heteroatoms. The number of hydrogen-bond acceptors (Lipinski definition) is 3. The van der Waals surface area contributed by atoms with Crippen LogP contribution in [0.5, 0.6) is 0 Å². The lowest BCUT2D eigenvalue weighted by Crippen LogP contribution is -1.95. The standard InChI is InChI=1S/C9H11N3O/c1-6-2-3-13-8(6)9-11-5-7(4-10)12-9/h2-3,5H,4,10H2,1H3,(H,11,12). The number of nitrogens with one attached hydrogen (secondary N) is 1. The van der Waals surface area contributed by atoms with E-state index in [9.17, 15) is 0 Å². The zero-order valence-corrected chi connectivity index (χ0v) is 7.37. The molecule has 0 amide bonds. The van der Waals surface area contributed by atoms with Crippen LogP contribution in [0.4, 0.5) is 0 Å². The Kier molecular flexibility index (Phi) is 1.90. The van der Waals surface area contributed by atoms with Gasteiger partial charge in [0.2, 0.25) is 0 Å². The van der Waals surface area contributed by atoms with Crippen LogP contribution in [0.2, 0.25) is 0 Å². The highest BCUT2D eigenvalue weighted by Gasteiger charge is 2.08. The minimum atomic E-state index is 0.465. The predicted molar refractivity (Wildman–Crippen MR) is 48.9 cm³/mol. The number of aromatic nitrogens is 2. The first-order valence-electron chi connectivity index (χ1n) is 4.09. The maximum absolute atomic E-state index is 5.45. The molecule has 13 heavy (non-hydrogen) atoms. The molecule has 0 fully saturated rings. The molecule has 0 radical (unpaired) electrons. The second-order valence-corrected chi connectivity index (χ2v) is 2.89. The van der Waals surface area contributed by atoms with Gasteiger partial charge >= 0.3 is 0 Å². The minimum Gasteiger partial charge on any atom is -0.461 e. The smallest absolute Gasteiger partial charge is 0.174 e. The number of nitrogens with zero attached hydrogens (tertiary/aromatic N) is 1. The summed E-state index contributed by atoms with van der Waals surface area (Å²) in [5.41, 5.74) is 7.43. The summed E-state index contributed by atoms with van der Waals surface area (Å²) in [4.78, 5) is 7.24. The van der Waals surface area contributed by atoms with E-state index in [0.29, 0.717) is 6.54 Å². The van der Waals surface area contributed by atoms with Crippen molar-refractivity contribution in [3.05, 3.63) is 29.8 Å². The van der Waals surface area contributed by atoms with Gasteiger partial charge in [-0.25, -0.2) is 4.98 Å². The van der Waals surface area contributed by atoms with E-state index in [-0.39, 0.29) is 0 Å². The highest BCUT2D eigenvalue weighted by atomic mass is 16.3. The van der Waals surface area contributed by atoms with Crippen LogP contribution in [0.1, 0.15) is 11.3 Å². The summed E-state index contributed by atoms with van der Waals surface area (Å²) in [6.45, 7) is 2.44. The molecule has 2 heterocycles. The Hall–Kier alpha value is -1.55. The van der Waals surface area contributed by atoms with Gasteiger partial charge in [0, 0.05) is 12.2 Å². The lowest BCUT2D eigenvalue weighted by atomic mass is 10.3. The van der Waals surface area contributed by atoms with Crippen LogP contribution < -0.4 is 5.73 Å². The number of rotatable bonds is 2. The van der Waals surface area contributed by atoms with Gasteiger partial charge in [0.15, 0.2) is 11.6 Å². The quantitative estimate of drug-likeness (QED) is 0.729. The van der Waals surface area contributed by atoms with E-state index in [1.165, 1.54) is 0 Å². The molecule has 0 saturated heterocycles. The molecule has 3 N–H and O–H groups in total. The van der Waals surface area contributed by atoms with E-state index in [4.69, 9.17) is 10.2 Å². The van der Waals surface area contributed by atoms with Crippen LogP contribution in [-0.4, -0.2) is 9.97 Å². The lowest BCUT2D eigenvalue weighted by Gasteiger charge is -1.92. The van der Waals surface area contributed by atoms with E-state index >= 15 is 0 Å². The van der Waals surface area contributed by atoms with Crippen molar-refractivity contribution in [3.8, 4) is 11.6 Å². The molecule has 0 spiro atoms. The summed E-state index contributed by atoms with van der Waals surface area (Å²) >= 11 is 0. The van der Waals surface area contributed by atoms with Crippen molar-refractivity contribution in [1.29, 1.82) is 0 Å². The third-order valence-corrected chi connectivity index (χ3v) is 1.93. The number of furan rings is 1. The van der Waals surface area contributed by atoms with Crippen LogP contribution in [0.3, 0.4) is 0 Å². The monoisotopic (exact) mass is 177 g/mol. The Balaban J connectivity index is 2.41. The van der Waals surface area contributed by atoms with Gasteiger partial charge < -0.3 is 15.1 Å². The van der Waals surface area contributed by atoms with Crippen molar-refractivity contribution in [2.75, 3.05) is 0 Å². The number of imidazole rings is 1. The van der Waals surface area contributed by atoms with Gasteiger partial charge in [-0.3, -0.25) is 0 Å². The van der Waals surface area contributed by atoms with Crippen LogP contribution >= 0.6 is 0 Å². The summed E-state index contributed by atoms with van der Waals surface area (Å²) in [6.07, 6.45) is 3.37. The molecule has 68 valence electrons. The highest BCUT2D eigenvalue weighted by molar-refractivity contribution is 5.52. The van der Waals surface area contributed by atoms with Crippen molar-refractivity contribution in [1.82, 2.24) is 9.97 Å². The van der Waals surface area contributed by atoms with E-state index < -0.39 is 0 Å². The molecule has 0 unspecified atom stereocenters. The van der Waals surface area contributed by atoms with Gasteiger partial charge in [-0.15, -0.1) is 0 Å². The normalized spacial score (nSPS) is 10.6. The van der Waals surface area contributed by atoms with Crippen molar-refractivity contribution >= 4 is 0 Å². The van der Waals surface area contributed by atoms with Crippen molar-refractivity contribution in [2.45, 2.75) is 13.5 Å². The SMILES string of the molecule is Cc1ccoc1-c1ncc(CN)[nH]1. The van der Waals surface area contributed by atoms with Gasteiger partial charge in [0.05, 0.1) is 12.5 Å². The fourth-order valence-corrected chi connectivity index (χ4v) is 1.19. The Morgan fingerprint density at radius 1 is 1.62 bits per heavy atom. The summed E-state index contributed by atoms with van der Waals surface area (Å²) in [5, 5.41) is 0. The third kappa shape index (κ3) is 1.36. The van der Waals surface area contributed by atoms with E-state index in [1.54, 1.807) is 12.5 Å². The Morgan fingerprint density at radius 2 is 2.46 bits per heavy atom. The maximum atomic E-state index is 5.45. The average Bonchev–Trinajstić information content (AvgIpc) is 2.71. The molecule has 2 rings (SSSR count). The van der Waals surface area contributed by atoms with Crippen LogP contribution in [0.15, 0.2) is 22.9 Å². The van der Waals surface area contributed by atoms with Crippen LogP contribution in [0.25, 0.3) is 11.6 Å². The lowest BCUT2D eigenvalue weighted by molar-refractivity contribution is 0.576. The molecule has 0 aromatic carbocycles. The number of H-pyrrole nitrogens is 1. The zero-order chi connectivity index (χ0) is 9.26. The Morgan fingerprint density at radius 3 is 3.00 bits per heavy atom. The average molecular weight is 177 g/mol. The Labute approximate surface area is 75.8 Å². The molecule has 0 saturated carbocycles. The first kappa shape index (κ1) is 8.07. The van der Waals surface area contributed by atoms with Gasteiger partial charge in [-0.05, 0) is 18.6 Å². The molecule has 0 aliphatic rings. The summed E-state index contributed by atoms with van der Waals surface area (Å²) in [6, 6.07) is 1.90. The van der Waals surface area contributed by atoms with Gasteiger partial charge in [-0.1, -0.05) is 0 Å². The van der Waals surface area contributed by atoms with Gasteiger partial charge in [-0.2, -0.15) is 0 Å². The molecule has 0 aliphatic carbocycles. The summed E-state index contributed by atoms with van der Waals surface area (Å²) < 4.78 is 5.27. The van der Waals surface area contributed by atoms with Crippen LogP contribution in [-0.2, 0) is 6.54 Å². The largest absolute Gasteiger partial charge is 0.461 e. The second-order valence-electron chi connectivity index (χ2n) is 2.89.